The molecule has 6 rings (SSSR count). The number of aromatic carboxylic acids is 1. The maximum atomic E-state index is 13.3. The SMILES string of the molecule is CCCCCNc1ccc(N2C(=O)c3ccc(C(=O)O)cc3C2=O)cc1-c1nc2cc(-c3ccccc3)ccc2o1. The van der Waals surface area contributed by atoms with Crippen LogP contribution in [0.5, 0.6) is 0 Å². The molecule has 41 heavy (non-hydrogen) atoms. The predicted octanol–water partition coefficient (Wildman–Crippen LogP) is 7.26. The quantitative estimate of drug-likeness (QED) is 0.148. The van der Waals surface area contributed by atoms with Gasteiger partial charge in [0.25, 0.3) is 11.8 Å². The van der Waals surface area contributed by atoms with Gasteiger partial charge in [-0.25, -0.2) is 14.7 Å². The van der Waals surface area contributed by atoms with Crippen LogP contribution in [-0.2, 0) is 0 Å². The number of fused-ring (bicyclic) bond motifs is 2. The van der Waals surface area contributed by atoms with Crippen molar-refractivity contribution in [2.24, 2.45) is 0 Å². The Labute approximate surface area is 236 Å². The Kier molecular flexibility index (Phi) is 6.81. The lowest BCUT2D eigenvalue weighted by molar-refractivity contribution is 0.0696. The fourth-order valence-electron chi connectivity index (χ4n) is 5.06. The molecule has 1 aliphatic heterocycles. The van der Waals surface area contributed by atoms with Crippen LogP contribution in [0.2, 0.25) is 0 Å². The summed E-state index contributed by atoms with van der Waals surface area (Å²) < 4.78 is 6.18. The van der Waals surface area contributed by atoms with Crippen molar-refractivity contribution in [3.63, 3.8) is 0 Å². The van der Waals surface area contributed by atoms with Crippen molar-refractivity contribution < 1.29 is 23.9 Å². The summed E-state index contributed by atoms with van der Waals surface area (Å²) in [5, 5.41) is 12.8. The predicted molar refractivity (Wildman–Crippen MR) is 157 cm³/mol. The highest BCUT2D eigenvalue weighted by Crippen LogP contribution is 2.37. The van der Waals surface area contributed by atoms with E-state index < -0.39 is 17.8 Å². The number of anilines is 2. The van der Waals surface area contributed by atoms with Crippen molar-refractivity contribution in [2.75, 3.05) is 16.8 Å². The molecule has 1 aliphatic rings. The van der Waals surface area contributed by atoms with Crippen LogP contribution in [0.15, 0.2) is 89.3 Å². The first kappa shape index (κ1) is 26.0. The van der Waals surface area contributed by atoms with Gasteiger partial charge in [0, 0.05) is 12.2 Å². The number of nitrogens with zero attached hydrogens (tertiary/aromatic N) is 2. The van der Waals surface area contributed by atoms with Gasteiger partial charge in [-0.2, -0.15) is 0 Å². The molecule has 2 heterocycles. The third-order valence-electron chi connectivity index (χ3n) is 7.22. The Hall–Kier alpha value is -5.24. The number of oxazole rings is 1. The van der Waals surface area contributed by atoms with E-state index in [9.17, 15) is 19.5 Å². The van der Waals surface area contributed by atoms with Crippen molar-refractivity contribution in [2.45, 2.75) is 26.2 Å². The van der Waals surface area contributed by atoms with E-state index in [1.54, 1.807) is 12.1 Å². The molecule has 204 valence electrons. The lowest BCUT2D eigenvalue weighted by atomic mass is 10.1. The Morgan fingerprint density at radius 2 is 1.66 bits per heavy atom. The van der Waals surface area contributed by atoms with E-state index in [2.05, 4.69) is 12.2 Å². The largest absolute Gasteiger partial charge is 0.478 e. The monoisotopic (exact) mass is 545 g/mol. The fourth-order valence-corrected chi connectivity index (χ4v) is 5.06. The van der Waals surface area contributed by atoms with E-state index >= 15 is 0 Å². The zero-order chi connectivity index (χ0) is 28.5. The molecule has 8 nitrogen and oxygen atoms in total. The third kappa shape index (κ3) is 4.84. The van der Waals surface area contributed by atoms with Gasteiger partial charge in [0.15, 0.2) is 5.58 Å². The van der Waals surface area contributed by atoms with Crippen LogP contribution in [-0.4, -0.2) is 34.4 Å². The molecule has 1 aromatic heterocycles. The van der Waals surface area contributed by atoms with Crippen LogP contribution in [0, 0.1) is 0 Å². The van der Waals surface area contributed by atoms with Gasteiger partial charge in [0.05, 0.1) is 27.9 Å². The maximum absolute atomic E-state index is 13.3. The van der Waals surface area contributed by atoms with Gasteiger partial charge < -0.3 is 14.8 Å². The third-order valence-corrected chi connectivity index (χ3v) is 7.22. The summed E-state index contributed by atoms with van der Waals surface area (Å²) in [6, 6.07) is 25.0. The second kappa shape index (κ2) is 10.7. The van der Waals surface area contributed by atoms with Gasteiger partial charge >= 0.3 is 5.97 Å². The average Bonchev–Trinajstić information content (AvgIpc) is 3.53. The molecule has 0 bridgehead atoms. The van der Waals surface area contributed by atoms with E-state index in [1.807, 2.05) is 54.6 Å². The minimum Gasteiger partial charge on any atom is -0.478 e. The van der Waals surface area contributed by atoms with Crippen molar-refractivity contribution in [1.29, 1.82) is 0 Å². The molecular weight excluding hydrogens is 518 g/mol. The molecule has 0 saturated heterocycles. The number of hydrogen-bond acceptors (Lipinski definition) is 6. The Morgan fingerprint density at radius 3 is 2.44 bits per heavy atom. The zero-order valence-corrected chi connectivity index (χ0v) is 22.4. The van der Waals surface area contributed by atoms with Gasteiger partial charge in [0.1, 0.15) is 5.52 Å². The number of carboxylic acid groups (broad SMARTS) is 1. The lowest BCUT2D eigenvalue weighted by Gasteiger charge is -2.17. The van der Waals surface area contributed by atoms with E-state index in [-0.39, 0.29) is 16.7 Å². The van der Waals surface area contributed by atoms with E-state index in [1.165, 1.54) is 18.2 Å². The summed E-state index contributed by atoms with van der Waals surface area (Å²) in [5.41, 5.74) is 5.27. The molecule has 2 N–H and O–H groups in total. The molecule has 0 spiro atoms. The first-order chi connectivity index (χ1) is 19.9. The van der Waals surface area contributed by atoms with Crippen molar-refractivity contribution >= 4 is 40.3 Å². The van der Waals surface area contributed by atoms with Gasteiger partial charge in [-0.05, 0) is 66.1 Å². The number of benzene rings is 4. The zero-order valence-electron chi connectivity index (χ0n) is 22.4. The number of aromatic nitrogens is 1. The number of hydrogen-bond donors (Lipinski definition) is 2. The summed E-state index contributed by atoms with van der Waals surface area (Å²) in [5.74, 6) is -1.90. The molecule has 5 aromatic rings. The van der Waals surface area contributed by atoms with Crippen LogP contribution in [0.25, 0.3) is 33.7 Å². The number of amides is 2. The number of rotatable bonds is 9. The van der Waals surface area contributed by atoms with Crippen molar-refractivity contribution in [1.82, 2.24) is 4.98 Å². The Bertz CT molecular complexity index is 1810. The Balaban J connectivity index is 1.40. The minimum atomic E-state index is -1.17. The average molecular weight is 546 g/mol. The van der Waals surface area contributed by atoms with E-state index in [4.69, 9.17) is 9.40 Å². The summed E-state index contributed by atoms with van der Waals surface area (Å²) >= 11 is 0. The second-order valence-electron chi connectivity index (χ2n) is 9.94. The van der Waals surface area contributed by atoms with Crippen molar-refractivity contribution in [3.05, 3.63) is 102 Å². The topological polar surface area (TPSA) is 113 Å². The first-order valence-corrected chi connectivity index (χ1v) is 13.5. The van der Waals surface area contributed by atoms with Gasteiger partial charge in [-0.1, -0.05) is 56.2 Å². The van der Waals surface area contributed by atoms with Crippen LogP contribution < -0.4 is 10.2 Å². The molecule has 0 radical (unpaired) electrons. The minimum absolute atomic E-state index is 0.0552. The molecular formula is C33H27N3O5. The number of imide groups is 1. The normalized spacial score (nSPS) is 12.7. The molecule has 2 amide bonds. The molecule has 0 atom stereocenters. The first-order valence-electron chi connectivity index (χ1n) is 13.5. The standard InChI is InChI=1S/C33H27N3O5/c1-2-3-7-16-34-27-14-12-23(36-31(37)24-13-10-22(33(39)40)17-25(24)32(36)38)19-26(27)30-35-28-18-21(11-15-29(28)41-30)20-8-5-4-6-9-20/h4-6,8-15,17-19,34H,2-3,7,16H2,1H3,(H,39,40). The molecule has 0 unspecified atom stereocenters. The van der Waals surface area contributed by atoms with Crippen molar-refractivity contribution in [3.8, 4) is 22.6 Å². The van der Waals surface area contributed by atoms with Gasteiger partial charge in [-0.3, -0.25) is 9.59 Å². The highest BCUT2D eigenvalue weighted by molar-refractivity contribution is 6.34. The molecule has 0 saturated carbocycles. The second-order valence-corrected chi connectivity index (χ2v) is 9.94. The highest BCUT2D eigenvalue weighted by Gasteiger charge is 2.37. The smallest absolute Gasteiger partial charge is 0.335 e. The summed E-state index contributed by atoms with van der Waals surface area (Å²) in [7, 11) is 0. The molecule has 4 aromatic carbocycles. The molecule has 8 heteroatoms. The van der Waals surface area contributed by atoms with Gasteiger partial charge in [0.2, 0.25) is 5.89 Å². The summed E-state index contributed by atoms with van der Waals surface area (Å²) in [6.45, 7) is 2.88. The number of nitrogens with one attached hydrogen (secondary N) is 1. The lowest BCUT2D eigenvalue weighted by Crippen LogP contribution is -2.29. The summed E-state index contributed by atoms with van der Waals surface area (Å²) in [6.07, 6.45) is 3.15. The molecule has 0 fully saturated rings. The number of unbranched alkanes of at least 4 members (excludes halogenated alkanes) is 2. The fraction of sp³-hybridized carbons (Fsp3) is 0.152. The van der Waals surface area contributed by atoms with E-state index in [0.29, 0.717) is 28.2 Å². The van der Waals surface area contributed by atoms with Crippen LogP contribution >= 0.6 is 0 Å². The highest BCUT2D eigenvalue weighted by atomic mass is 16.4. The number of carbonyl (C=O) groups is 3. The van der Waals surface area contributed by atoms with Crippen LogP contribution in [0.1, 0.15) is 57.3 Å². The summed E-state index contributed by atoms with van der Waals surface area (Å²) in [4.78, 5) is 43.9. The van der Waals surface area contributed by atoms with E-state index in [0.717, 1.165) is 47.5 Å². The van der Waals surface area contributed by atoms with Crippen LogP contribution in [0.4, 0.5) is 11.4 Å². The van der Waals surface area contributed by atoms with Crippen LogP contribution in [0.3, 0.4) is 0 Å². The number of carbonyl (C=O) groups excluding carboxylic acids is 2. The molecule has 0 aliphatic carbocycles. The maximum Gasteiger partial charge on any atom is 0.335 e. The Morgan fingerprint density at radius 1 is 0.854 bits per heavy atom. The van der Waals surface area contributed by atoms with Gasteiger partial charge in [-0.15, -0.1) is 0 Å². The number of carboxylic acids is 1.